The van der Waals surface area contributed by atoms with Gasteiger partial charge >= 0.3 is 5.97 Å². The van der Waals surface area contributed by atoms with E-state index in [1.165, 1.54) is 64.9 Å². The molecule has 1 heterocycles. The maximum absolute atomic E-state index is 11.6. The first-order valence-electron chi connectivity index (χ1n) is 9.06. The first kappa shape index (κ1) is 20.3. The van der Waals surface area contributed by atoms with Crippen LogP contribution in [0.2, 0.25) is 0 Å². The van der Waals surface area contributed by atoms with Gasteiger partial charge in [-0.05, 0) is 25.0 Å². The molecule has 0 saturated carbocycles. The van der Waals surface area contributed by atoms with Crippen molar-refractivity contribution in [2.75, 3.05) is 7.11 Å². The number of nitrogens with zero attached hydrogens (tertiary/aromatic N) is 1. The van der Waals surface area contributed by atoms with Crippen LogP contribution in [0, 0.1) is 0 Å². The van der Waals surface area contributed by atoms with E-state index < -0.39 is 0 Å². The summed E-state index contributed by atoms with van der Waals surface area (Å²) in [6.45, 7) is 3.11. The van der Waals surface area contributed by atoms with Gasteiger partial charge in [0.05, 0.1) is 7.11 Å². The fourth-order valence-electron chi connectivity index (χ4n) is 2.82. The van der Waals surface area contributed by atoms with Gasteiger partial charge in [0.25, 0.3) is 0 Å². The van der Waals surface area contributed by atoms with E-state index in [1.807, 2.05) is 22.9 Å². The predicted molar refractivity (Wildman–Crippen MR) is 100 cm³/mol. The SMILES string of the molecule is CCCCCCCCCCC(Br)CCn1cccc1C(=O)OC. The van der Waals surface area contributed by atoms with Gasteiger partial charge in [-0.2, -0.15) is 0 Å². The van der Waals surface area contributed by atoms with Crippen LogP contribution in [0.3, 0.4) is 0 Å². The minimum absolute atomic E-state index is 0.260. The number of ether oxygens (including phenoxy) is 1. The number of unbranched alkanes of at least 4 members (excludes halogenated alkanes) is 7. The summed E-state index contributed by atoms with van der Waals surface area (Å²) >= 11 is 3.78. The van der Waals surface area contributed by atoms with Crippen molar-refractivity contribution in [1.82, 2.24) is 4.57 Å². The number of carbonyl (C=O) groups is 1. The smallest absolute Gasteiger partial charge is 0.354 e. The predicted octanol–water partition coefficient (Wildman–Crippen LogP) is 5.96. The summed E-state index contributed by atoms with van der Waals surface area (Å²) < 4.78 is 6.78. The molecule has 4 heteroatoms. The quantitative estimate of drug-likeness (QED) is 0.238. The summed E-state index contributed by atoms with van der Waals surface area (Å²) in [6.07, 6.45) is 15.1. The van der Waals surface area contributed by atoms with Crippen LogP contribution < -0.4 is 0 Å². The van der Waals surface area contributed by atoms with Gasteiger partial charge in [-0.25, -0.2) is 4.79 Å². The lowest BCUT2D eigenvalue weighted by atomic mass is 10.1. The molecule has 0 amide bonds. The van der Waals surface area contributed by atoms with Gasteiger partial charge in [0.15, 0.2) is 0 Å². The van der Waals surface area contributed by atoms with E-state index >= 15 is 0 Å². The Morgan fingerprint density at radius 3 is 2.43 bits per heavy atom. The van der Waals surface area contributed by atoms with E-state index in [0.717, 1.165) is 13.0 Å². The van der Waals surface area contributed by atoms with Crippen LogP contribution in [0.1, 0.15) is 81.6 Å². The van der Waals surface area contributed by atoms with Crippen molar-refractivity contribution >= 4 is 21.9 Å². The summed E-state index contributed by atoms with van der Waals surface area (Å²) in [5, 5.41) is 0. The standard InChI is InChI=1S/C19H32BrNO2/c1-3-4-5-6-7-8-9-10-12-17(20)14-16-21-15-11-13-18(21)19(22)23-2/h11,13,15,17H,3-10,12,14,16H2,1-2H3. The average Bonchev–Trinajstić information content (AvgIpc) is 3.03. The third-order valence-electron chi connectivity index (χ3n) is 4.28. The molecule has 1 unspecified atom stereocenters. The molecule has 23 heavy (non-hydrogen) atoms. The van der Waals surface area contributed by atoms with Gasteiger partial charge in [-0.3, -0.25) is 0 Å². The van der Waals surface area contributed by atoms with E-state index in [2.05, 4.69) is 22.9 Å². The summed E-state index contributed by atoms with van der Waals surface area (Å²) in [5.74, 6) is -0.260. The number of aromatic nitrogens is 1. The molecule has 1 atom stereocenters. The Bertz CT molecular complexity index is 431. The molecule has 0 aliphatic rings. The van der Waals surface area contributed by atoms with Crippen molar-refractivity contribution in [2.24, 2.45) is 0 Å². The van der Waals surface area contributed by atoms with Crippen LogP contribution in [-0.4, -0.2) is 22.5 Å². The van der Waals surface area contributed by atoms with Crippen molar-refractivity contribution in [1.29, 1.82) is 0 Å². The van der Waals surface area contributed by atoms with E-state index in [-0.39, 0.29) is 5.97 Å². The zero-order chi connectivity index (χ0) is 16.9. The molecule has 132 valence electrons. The molecule has 0 fully saturated rings. The van der Waals surface area contributed by atoms with Crippen molar-refractivity contribution in [3.05, 3.63) is 24.0 Å². The van der Waals surface area contributed by atoms with Crippen LogP contribution in [-0.2, 0) is 11.3 Å². The number of methoxy groups -OCH3 is 1. The maximum atomic E-state index is 11.6. The molecule has 1 aromatic heterocycles. The van der Waals surface area contributed by atoms with E-state index in [9.17, 15) is 4.79 Å². The first-order chi connectivity index (χ1) is 11.2. The summed E-state index contributed by atoms with van der Waals surface area (Å²) in [4.78, 5) is 12.1. The molecule has 0 aliphatic carbocycles. The molecule has 0 bridgehead atoms. The van der Waals surface area contributed by atoms with Gasteiger partial charge in [0.2, 0.25) is 0 Å². The molecular weight excluding hydrogens is 354 g/mol. The van der Waals surface area contributed by atoms with Crippen molar-refractivity contribution in [3.8, 4) is 0 Å². The van der Waals surface area contributed by atoms with Crippen LogP contribution >= 0.6 is 15.9 Å². The Labute approximate surface area is 149 Å². The number of esters is 1. The normalized spacial score (nSPS) is 12.3. The maximum Gasteiger partial charge on any atom is 0.354 e. The van der Waals surface area contributed by atoms with Crippen LogP contribution in [0.4, 0.5) is 0 Å². The third kappa shape index (κ3) is 8.59. The van der Waals surface area contributed by atoms with Gasteiger partial charge in [-0.15, -0.1) is 0 Å². The van der Waals surface area contributed by atoms with E-state index in [1.54, 1.807) is 0 Å². The largest absolute Gasteiger partial charge is 0.464 e. The fourth-order valence-corrected chi connectivity index (χ4v) is 3.35. The second-order valence-electron chi connectivity index (χ2n) is 6.23. The summed E-state index contributed by atoms with van der Waals surface area (Å²) in [7, 11) is 1.43. The average molecular weight is 386 g/mol. The summed E-state index contributed by atoms with van der Waals surface area (Å²) in [6, 6.07) is 3.71. The van der Waals surface area contributed by atoms with Crippen molar-refractivity contribution in [2.45, 2.75) is 82.5 Å². The number of rotatable bonds is 13. The lowest BCUT2D eigenvalue weighted by molar-refractivity contribution is 0.0588. The molecule has 0 N–H and O–H groups in total. The van der Waals surface area contributed by atoms with Crippen molar-refractivity contribution in [3.63, 3.8) is 0 Å². The number of alkyl halides is 1. The van der Waals surface area contributed by atoms with Gasteiger partial charge < -0.3 is 9.30 Å². The topological polar surface area (TPSA) is 31.2 Å². The minimum Gasteiger partial charge on any atom is -0.464 e. The second kappa shape index (κ2) is 12.6. The number of halogens is 1. The highest BCUT2D eigenvalue weighted by Gasteiger charge is 2.12. The third-order valence-corrected chi connectivity index (χ3v) is 5.19. The number of hydrogen-bond donors (Lipinski definition) is 0. The van der Waals surface area contributed by atoms with Crippen molar-refractivity contribution < 1.29 is 9.53 Å². The Morgan fingerprint density at radius 1 is 1.13 bits per heavy atom. The Morgan fingerprint density at radius 2 is 1.78 bits per heavy atom. The lowest BCUT2D eigenvalue weighted by Crippen LogP contribution is -2.12. The number of carbonyl (C=O) groups excluding carboxylic acids is 1. The van der Waals surface area contributed by atoms with Crippen LogP contribution in [0.5, 0.6) is 0 Å². The molecule has 1 rings (SSSR count). The van der Waals surface area contributed by atoms with Gasteiger partial charge in [0, 0.05) is 17.6 Å². The number of hydrogen-bond acceptors (Lipinski definition) is 2. The molecule has 0 radical (unpaired) electrons. The lowest BCUT2D eigenvalue weighted by Gasteiger charge is -2.12. The Kier molecular flexibility index (Phi) is 11.1. The van der Waals surface area contributed by atoms with Gasteiger partial charge in [-0.1, -0.05) is 74.2 Å². The monoisotopic (exact) mass is 385 g/mol. The molecule has 0 spiro atoms. The summed E-state index contributed by atoms with van der Waals surface area (Å²) in [5.41, 5.74) is 0.638. The molecular formula is C19H32BrNO2. The molecule has 3 nitrogen and oxygen atoms in total. The first-order valence-corrected chi connectivity index (χ1v) is 9.98. The minimum atomic E-state index is -0.260. The van der Waals surface area contributed by atoms with Crippen LogP contribution in [0.25, 0.3) is 0 Å². The Hall–Kier alpha value is -0.770. The van der Waals surface area contributed by atoms with E-state index in [4.69, 9.17) is 4.74 Å². The highest BCUT2D eigenvalue weighted by Crippen LogP contribution is 2.18. The Balaban J connectivity index is 2.10. The fraction of sp³-hybridized carbons (Fsp3) is 0.737. The zero-order valence-corrected chi connectivity index (χ0v) is 16.3. The van der Waals surface area contributed by atoms with E-state index in [0.29, 0.717) is 10.5 Å². The molecule has 0 saturated heterocycles. The highest BCUT2D eigenvalue weighted by atomic mass is 79.9. The molecule has 0 aliphatic heterocycles. The highest BCUT2D eigenvalue weighted by molar-refractivity contribution is 9.09. The zero-order valence-electron chi connectivity index (χ0n) is 14.7. The second-order valence-corrected chi connectivity index (χ2v) is 7.52. The molecule has 1 aromatic rings. The molecule has 0 aromatic carbocycles. The number of aryl methyl sites for hydroxylation is 1. The van der Waals surface area contributed by atoms with Crippen LogP contribution in [0.15, 0.2) is 18.3 Å². The van der Waals surface area contributed by atoms with Gasteiger partial charge in [0.1, 0.15) is 5.69 Å².